The van der Waals surface area contributed by atoms with E-state index in [0.717, 1.165) is 0 Å². The van der Waals surface area contributed by atoms with Crippen LogP contribution in [0.2, 0.25) is 0 Å². The smallest absolute Gasteiger partial charge is 0.0511 e. The monoisotopic (exact) mass is 249 g/mol. The molecule has 0 spiro atoms. The van der Waals surface area contributed by atoms with Crippen LogP contribution in [0.15, 0.2) is 24.5 Å². The van der Waals surface area contributed by atoms with Crippen LogP contribution in [0, 0.1) is 5.41 Å². The Morgan fingerprint density at radius 3 is 2.28 bits per heavy atom. The van der Waals surface area contributed by atoms with Gasteiger partial charge in [-0.3, -0.25) is 9.88 Å². The van der Waals surface area contributed by atoms with E-state index < -0.39 is 0 Å². The Labute approximate surface area is 111 Å². The SMILES string of the molecule is CC(N)C(c1cccnc1)N(C)C(C)C(C)(C)C. The molecule has 0 radical (unpaired) electrons. The first-order valence-corrected chi connectivity index (χ1v) is 6.62. The molecule has 0 aliphatic carbocycles. The maximum Gasteiger partial charge on any atom is 0.0511 e. The first kappa shape index (κ1) is 15.1. The zero-order valence-corrected chi connectivity index (χ0v) is 12.5. The molecule has 0 fully saturated rings. The number of nitrogens with zero attached hydrogens (tertiary/aromatic N) is 2. The summed E-state index contributed by atoms with van der Waals surface area (Å²) >= 11 is 0. The fourth-order valence-electron chi connectivity index (χ4n) is 2.31. The zero-order chi connectivity index (χ0) is 13.9. The van der Waals surface area contributed by atoms with Crippen molar-refractivity contribution < 1.29 is 0 Å². The van der Waals surface area contributed by atoms with Crippen molar-refractivity contribution in [2.24, 2.45) is 11.1 Å². The molecule has 1 heterocycles. The number of aromatic nitrogens is 1. The molecular weight excluding hydrogens is 222 g/mol. The maximum atomic E-state index is 6.18. The van der Waals surface area contributed by atoms with Gasteiger partial charge in [0.2, 0.25) is 0 Å². The number of pyridine rings is 1. The summed E-state index contributed by atoms with van der Waals surface area (Å²) in [4.78, 5) is 6.57. The van der Waals surface area contributed by atoms with E-state index >= 15 is 0 Å². The molecule has 0 bridgehead atoms. The molecular formula is C15H27N3. The maximum absolute atomic E-state index is 6.18. The van der Waals surface area contributed by atoms with Crippen molar-refractivity contribution in [2.75, 3.05) is 7.05 Å². The van der Waals surface area contributed by atoms with Gasteiger partial charge >= 0.3 is 0 Å². The van der Waals surface area contributed by atoms with Gasteiger partial charge in [-0.25, -0.2) is 0 Å². The molecule has 3 atom stereocenters. The van der Waals surface area contributed by atoms with Crippen molar-refractivity contribution in [3.8, 4) is 0 Å². The lowest BCUT2D eigenvalue weighted by Gasteiger charge is -2.41. The Hall–Kier alpha value is -0.930. The van der Waals surface area contributed by atoms with Crippen molar-refractivity contribution in [3.05, 3.63) is 30.1 Å². The minimum absolute atomic E-state index is 0.0731. The lowest BCUT2D eigenvalue weighted by atomic mass is 9.85. The molecule has 18 heavy (non-hydrogen) atoms. The fraction of sp³-hybridized carbons (Fsp3) is 0.667. The molecule has 1 aromatic rings. The Balaban J connectivity index is 3.00. The highest BCUT2D eigenvalue weighted by molar-refractivity contribution is 5.16. The molecule has 1 rings (SSSR count). The van der Waals surface area contributed by atoms with Crippen LogP contribution in [0.1, 0.15) is 46.2 Å². The Morgan fingerprint density at radius 1 is 1.28 bits per heavy atom. The lowest BCUT2D eigenvalue weighted by molar-refractivity contribution is 0.0865. The van der Waals surface area contributed by atoms with E-state index in [-0.39, 0.29) is 17.5 Å². The number of hydrogen-bond acceptors (Lipinski definition) is 3. The van der Waals surface area contributed by atoms with Crippen molar-refractivity contribution in [3.63, 3.8) is 0 Å². The summed E-state index contributed by atoms with van der Waals surface area (Å²) in [6.07, 6.45) is 3.72. The molecule has 2 N–H and O–H groups in total. The van der Waals surface area contributed by atoms with Crippen molar-refractivity contribution in [1.29, 1.82) is 0 Å². The average molecular weight is 249 g/mol. The van der Waals surface area contributed by atoms with Crippen LogP contribution in [0.4, 0.5) is 0 Å². The molecule has 0 saturated carbocycles. The van der Waals surface area contributed by atoms with Crippen LogP contribution >= 0.6 is 0 Å². The van der Waals surface area contributed by atoms with E-state index in [4.69, 9.17) is 5.73 Å². The highest BCUT2D eigenvalue weighted by Gasteiger charge is 2.31. The van der Waals surface area contributed by atoms with Gasteiger partial charge in [-0.15, -0.1) is 0 Å². The summed E-state index contributed by atoms with van der Waals surface area (Å²) in [6, 6.07) is 4.79. The highest BCUT2D eigenvalue weighted by Crippen LogP contribution is 2.31. The lowest BCUT2D eigenvalue weighted by Crippen LogP contribution is -2.46. The Bertz CT molecular complexity index is 354. The first-order valence-electron chi connectivity index (χ1n) is 6.62. The summed E-state index contributed by atoms with van der Waals surface area (Å²) in [5.41, 5.74) is 7.59. The van der Waals surface area contributed by atoms with E-state index in [1.54, 1.807) is 6.20 Å². The van der Waals surface area contributed by atoms with E-state index in [1.807, 2.05) is 12.3 Å². The second-order valence-corrected chi connectivity index (χ2v) is 6.30. The Morgan fingerprint density at radius 2 is 1.89 bits per heavy atom. The van der Waals surface area contributed by atoms with Crippen molar-refractivity contribution in [1.82, 2.24) is 9.88 Å². The van der Waals surface area contributed by atoms with E-state index in [2.05, 4.69) is 57.6 Å². The molecule has 3 unspecified atom stereocenters. The number of nitrogens with two attached hydrogens (primary N) is 1. The molecule has 0 aliphatic heterocycles. The number of likely N-dealkylation sites (N-methyl/N-ethyl adjacent to an activating group) is 1. The quantitative estimate of drug-likeness (QED) is 0.892. The first-order chi connectivity index (χ1) is 8.25. The summed E-state index contributed by atoms with van der Waals surface area (Å²) in [6.45, 7) is 11.1. The van der Waals surface area contributed by atoms with E-state index in [1.165, 1.54) is 5.56 Å². The summed E-state index contributed by atoms with van der Waals surface area (Å²) < 4.78 is 0. The molecule has 102 valence electrons. The molecule has 0 amide bonds. The third kappa shape index (κ3) is 3.53. The summed E-state index contributed by atoms with van der Waals surface area (Å²) in [7, 11) is 2.15. The molecule has 3 nitrogen and oxygen atoms in total. The van der Waals surface area contributed by atoms with Crippen molar-refractivity contribution >= 4 is 0 Å². The minimum atomic E-state index is 0.0731. The fourth-order valence-corrected chi connectivity index (χ4v) is 2.31. The minimum Gasteiger partial charge on any atom is -0.326 e. The molecule has 0 saturated heterocycles. The van der Waals surface area contributed by atoms with Crippen LogP contribution in [0.25, 0.3) is 0 Å². The van der Waals surface area contributed by atoms with Gasteiger partial charge in [-0.1, -0.05) is 26.8 Å². The number of rotatable bonds is 4. The average Bonchev–Trinajstić information content (AvgIpc) is 2.27. The molecule has 0 aliphatic rings. The number of hydrogen-bond donors (Lipinski definition) is 1. The second kappa shape index (κ2) is 5.81. The van der Waals surface area contributed by atoms with Crippen LogP contribution in [0.5, 0.6) is 0 Å². The van der Waals surface area contributed by atoms with Crippen LogP contribution in [0.3, 0.4) is 0 Å². The van der Waals surface area contributed by atoms with Gasteiger partial charge in [0.1, 0.15) is 0 Å². The standard InChI is InChI=1S/C15H27N3/c1-11(16)14(13-8-7-9-17-10-13)18(6)12(2)15(3,4)5/h7-12,14H,16H2,1-6H3. The Kier molecular flexibility index (Phi) is 4.88. The van der Waals surface area contributed by atoms with Gasteiger partial charge in [0.25, 0.3) is 0 Å². The van der Waals surface area contributed by atoms with Crippen molar-refractivity contribution in [2.45, 2.75) is 52.7 Å². The van der Waals surface area contributed by atoms with Crippen LogP contribution < -0.4 is 5.73 Å². The predicted molar refractivity (Wildman–Crippen MR) is 77.3 cm³/mol. The molecule has 0 aromatic carbocycles. The summed E-state index contributed by atoms with van der Waals surface area (Å²) in [5, 5.41) is 0. The normalized spacial score (nSPS) is 17.6. The van der Waals surface area contributed by atoms with Gasteiger partial charge in [0.15, 0.2) is 0 Å². The largest absolute Gasteiger partial charge is 0.326 e. The van der Waals surface area contributed by atoms with Crippen LogP contribution in [-0.2, 0) is 0 Å². The highest BCUT2D eigenvalue weighted by atomic mass is 15.2. The van der Waals surface area contributed by atoms with E-state index in [9.17, 15) is 0 Å². The molecule has 3 heteroatoms. The van der Waals surface area contributed by atoms with E-state index in [0.29, 0.717) is 6.04 Å². The third-order valence-corrected chi connectivity index (χ3v) is 3.83. The van der Waals surface area contributed by atoms with Gasteiger partial charge in [-0.05, 0) is 37.9 Å². The predicted octanol–water partition coefficient (Wildman–Crippen LogP) is 2.84. The topological polar surface area (TPSA) is 42.1 Å². The van der Waals surface area contributed by atoms with Gasteiger partial charge in [-0.2, -0.15) is 0 Å². The molecule has 1 aromatic heterocycles. The second-order valence-electron chi connectivity index (χ2n) is 6.30. The van der Waals surface area contributed by atoms with Gasteiger partial charge in [0, 0.05) is 24.5 Å². The van der Waals surface area contributed by atoms with Gasteiger partial charge < -0.3 is 5.73 Å². The zero-order valence-electron chi connectivity index (χ0n) is 12.5. The van der Waals surface area contributed by atoms with Crippen LogP contribution in [-0.4, -0.2) is 29.0 Å². The van der Waals surface area contributed by atoms with Gasteiger partial charge in [0.05, 0.1) is 6.04 Å². The third-order valence-electron chi connectivity index (χ3n) is 3.83. The summed E-state index contributed by atoms with van der Waals surface area (Å²) in [5.74, 6) is 0.